The van der Waals surface area contributed by atoms with Gasteiger partial charge in [-0.15, -0.1) is 0 Å². The number of fused-ring (bicyclic) bond motifs is 1. The molecule has 1 aliphatic rings. The monoisotopic (exact) mass is 285 g/mol. The van der Waals surface area contributed by atoms with Gasteiger partial charge in [0.05, 0.1) is 17.0 Å². The summed E-state index contributed by atoms with van der Waals surface area (Å²) in [5, 5.41) is -0.377. The third-order valence-corrected chi connectivity index (χ3v) is 5.33. The van der Waals surface area contributed by atoms with Crippen molar-refractivity contribution in [2.45, 2.75) is 25.1 Å². The minimum absolute atomic E-state index is 0.0160. The average molecular weight is 285 g/mol. The van der Waals surface area contributed by atoms with Crippen molar-refractivity contribution >= 4 is 9.84 Å². The first-order chi connectivity index (χ1) is 8.90. The molecule has 0 saturated carbocycles. The van der Waals surface area contributed by atoms with E-state index in [2.05, 4.69) is 0 Å². The van der Waals surface area contributed by atoms with Crippen molar-refractivity contribution in [2.24, 2.45) is 5.73 Å². The molecule has 0 fully saturated rings. The van der Waals surface area contributed by atoms with Gasteiger partial charge in [-0.2, -0.15) is 0 Å². The zero-order chi connectivity index (χ0) is 14.0. The molecule has 1 aromatic carbocycles. The lowest BCUT2D eigenvalue weighted by atomic mass is 10.1. The quantitative estimate of drug-likeness (QED) is 0.881. The van der Waals surface area contributed by atoms with Gasteiger partial charge in [0, 0.05) is 11.6 Å². The van der Waals surface area contributed by atoms with Gasteiger partial charge in [0.2, 0.25) is 0 Å². The fourth-order valence-corrected chi connectivity index (χ4v) is 2.60. The van der Waals surface area contributed by atoms with Crippen LogP contribution in [0.15, 0.2) is 18.2 Å². The summed E-state index contributed by atoms with van der Waals surface area (Å²) in [4.78, 5) is 0. The van der Waals surface area contributed by atoms with Crippen LogP contribution in [0.2, 0.25) is 0 Å². The summed E-state index contributed by atoms with van der Waals surface area (Å²) in [5.74, 6) is 1.34. The molecule has 106 valence electrons. The summed E-state index contributed by atoms with van der Waals surface area (Å²) in [6.07, 6.45) is 0. The maximum Gasteiger partial charge on any atom is 0.155 e. The van der Waals surface area contributed by atoms with Gasteiger partial charge in [0.25, 0.3) is 0 Å². The van der Waals surface area contributed by atoms with Crippen molar-refractivity contribution in [2.75, 3.05) is 19.0 Å². The van der Waals surface area contributed by atoms with Gasteiger partial charge in [-0.3, -0.25) is 0 Å². The number of hydrogen-bond donors (Lipinski definition) is 1. The number of nitrogens with two attached hydrogens (primary N) is 1. The van der Waals surface area contributed by atoms with Gasteiger partial charge < -0.3 is 15.2 Å². The maximum atomic E-state index is 11.6. The molecule has 0 saturated heterocycles. The first-order valence-corrected chi connectivity index (χ1v) is 7.98. The van der Waals surface area contributed by atoms with E-state index in [1.54, 1.807) is 26.0 Å². The topological polar surface area (TPSA) is 78.6 Å². The average Bonchev–Trinajstić information content (AvgIpc) is 2.70. The molecule has 0 spiro atoms. The lowest BCUT2D eigenvalue weighted by Crippen LogP contribution is -2.22. The number of hydrogen-bond acceptors (Lipinski definition) is 5. The minimum Gasteiger partial charge on any atom is -0.492 e. The molecule has 5 nitrogen and oxygen atoms in total. The van der Waals surface area contributed by atoms with Crippen molar-refractivity contribution in [1.82, 2.24) is 0 Å². The Morgan fingerprint density at radius 3 is 2.89 bits per heavy atom. The molecule has 0 aromatic heterocycles. The molecule has 2 rings (SSSR count). The van der Waals surface area contributed by atoms with Crippen molar-refractivity contribution in [3.63, 3.8) is 0 Å². The molecule has 6 heteroatoms. The van der Waals surface area contributed by atoms with Crippen molar-refractivity contribution in [3.05, 3.63) is 23.8 Å². The first-order valence-electron chi connectivity index (χ1n) is 6.27. The van der Waals surface area contributed by atoms with E-state index in [4.69, 9.17) is 15.2 Å². The molecule has 1 unspecified atom stereocenters. The van der Waals surface area contributed by atoms with Crippen molar-refractivity contribution in [1.29, 1.82) is 0 Å². The molecule has 0 aliphatic carbocycles. The van der Waals surface area contributed by atoms with Crippen LogP contribution in [0.4, 0.5) is 0 Å². The summed E-state index contributed by atoms with van der Waals surface area (Å²) in [7, 11) is -3.06. The van der Waals surface area contributed by atoms with Gasteiger partial charge in [0.15, 0.2) is 9.84 Å². The third-order valence-electron chi connectivity index (χ3n) is 3.16. The molecular weight excluding hydrogens is 266 g/mol. The summed E-state index contributed by atoms with van der Waals surface area (Å²) in [6.45, 7) is 3.95. The van der Waals surface area contributed by atoms with E-state index in [0.29, 0.717) is 12.4 Å². The highest BCUT2D eigenvalue weighted by molar-refractivity contribution is 7.91. The molecule has 1 atom stereocenters. The smallest absolute Gasteiger partial charge is 0.155 e. The summed E-state index contributed by atoms with van der Waals surface area (Å²) < 4.78 is 34.1. The van der Waals surface area contributed by atoms with Crippen LogP contribution in [0, 0.1) is 0 Å². The van der Waals surface area contributed by atoms with E-state index < -0.39 is 9.84 Å². The third kappa shape index (κ3) is 3.19. The Morgan fingerprint density at radius 2 is 2.21 bits per heavy atom. The van der Waals surface area contributed by atoms with E-state index in [0.717, 1.165) is 11.3 Å². The summed E-state index contributed by atoms with van der Waals surface area (Å²) in [6, 6.07) is 5.31. The second-order valence-electron chi connectivity index (χ2n) is 4.88. The summed E-state index contributed by atoms with van der Waals surface area (Å²) in [5.41, 5.74) is 6.80. The Labute approximate surface area is 113 Å². The lowest BCUT2D eigenvalue weighted by molar-refractivity contribution is 0.323. The first kappa shape index (κ1) is 14.1. The normalized spacial score (nSPS) is 18.2. The van der Waals surface area contributed by atoms with Crippen LogP contribution in [0.1, 0.15) is 25.5 Å². The van der Waals surface area contributed by atoms with Gasteiger partial charge >= 0.3 is 0 Å². The molecule has 1 heterocycles. The van der Waals surface area contributed by atoms with E-state index >= 15 is 0 Å². The summed E-state index contributed by atoms with van der Waals surface area (Å²) >= 11 is 0. The van der Waals surface area contributed by atoms with Crippen LogP contribution < -0.4 is 15.2 Å². The zero-order valence-electron chi connectivity index (χ0n) is 11.1. The van der Waals surface area contributed by atoms with Crippen LogP contribution >= 0.6 is 0 Å². The molecule has 1 aliphatic heterocycles. The number of ether oxygens (including phenoxy) is 2. The van der Waals surface area contributed by atoms with Crippen LogP contribution in [-0.4, -0.2) is 32.6 Å². The van der Waals surface area contributed by atoms with E-state index in [1.807, 2.05) is 6.07 Å². The highest BCUT2D eigenvalue weighted by Gasteiger charge is 2.21. The fourth-order valence-electron chi connectivity index (χ4n) is 1.82. The van der Waals surface area contributed by atoms with Crippen LogP contribution in [-0.2, 0) is 9.84 Å². The van der Waals surface area contributed by atoms with E-state index in [9.17, 15) is 8.42 Å². The van der Waals surface area contributed by atoms with Crippen LogP contribution in [0.25, 0.3) is 0 Å². The molecule has 0 amide bonds. The van der Waals surface area contributed by atoms with Crippen LogP contribution in [0.3, 0.4) is 0 Å². The molecule has 1 aromatic rings. The Kier molecular flexibility index (Phi) is 4.01. The minimum atomic E-state index is -3.06. The molecule has 19 heavy (non-hydrogen) atoms. The Bertz CT molecular complexity index is 554. The number of sulfone groups is 1. The fraction of sp³-hybridized carbons (Fsp3) is 0.538. The highest BCUT2D eigenvalue weighted by atomic mass is 32.2. The predicted octanol–water partition coefficient (Wildman–Crippen LogP) is 1.28. The molecule has 0 bridgehead atoms. The Balaban J connectivity index is 1.95. The largest absolute Gasteiger partial charge is 0.492 e. The van der Waals surface area contributed by atoms with Crippen molar-refractivity contribution < 1.29 is 17.9 Å². The molecular formula is C13H19NO4S. The molecule has 0 radical (unpaired) electrons. The second kappa shape index (κ2) is 5.38. The standard InChI is InChI=1S/C13H19NO4S/c1-9(2)19(15,16)6-5-17-10-3-4-11-12(14)8-18-13(11)7-10/h3-4,7,9,12H,5-6,8,14H2,1-2H3. The van der Waals surface area contributed by atoms with Crippen molar-refractivity contribution in [3.8, 4) is 11.5 Å². The maximum absolute atomic E-state index is 11.6. The van der Waals surface area contributed by atoms with Gasteiger partial charge in [0.1, 0.15) is 24.7 Å². The number of benzene rings is 1. The Morgan fingerprint density at radius 1 is 1.47 bits per heavy atom. The van der Waals surface area contributed by atoms with Crippen LogP contribution in [0.5, 0.6) is 11.5 Å². The van der Waals surface area contributed by atoms with Gasteiger partial charge in [-0.05, 0) is 26.0 Å². The van der Waals surface area contributed by atoms with E-state index in [1.165, 1.54) is 0 Å². The number of rotatable bonds is 5. The van der Waals surface area contributed by atoms with Gasteiger partial charge in [-0.25, -0.2) is 8.42 Å². The second-order valence-corrected chi connectivity index (χ2v) is 7.56. The highest BCUT2D eigenvalue weighted by Crippen LogP contribution is 2.33. The molecule has 2 N–H and O–H groups in total. The van der Waals surface area contributed by atoms with Gasteiger partial charge in [-0.1, -0.05) is 0 Å². The zero-order valence-corrected chi connectivity index (χ0v) is 11.9. The predicted molar refractivity (Wildman–Crippen MR) is 73.3 cm³/mol. The van der Waals surface area contributed by atoms with E-state index in [-0.39, 0.29) is 23.7 Å². The lowest BCUT2D eigenvalue weighted by Gasteiger charge is -2.10. The SMILES string of the molecule is CC(C)S(=O)(=O)CCOc1ccc2c(c1)OCC2N. The Hall–Kier alpha value is -1.27.